The number of nitrogens with zero attached hydrogens (tertiary/aromatic N) is 1. The normalized spacial score (nSPS) is 17.4. The average molecular weight is 431 g/mol. The second kappa shape index (κ2) is 8.57. The Labute approximate surface area is 167 Å². The van der Waals surface area contributed by atoms with E-state index in [0.29, 0.717) is 18.5 Å². The average Bonchev–Trinajstić information content (AvgIpc) is 3.18. The first-order valence-corrected chi connectivity index (χ1v) is 9.80. The zero-order valence-electron chi connectivity index (χ0n) is 15.4. The van der Waals surface area contributed by atoms with E-state index >= 15 is 0 Å². The van der Waals surface area contributed by atoms with Crippen LogP contribution in [-0.2, 0) is 4.79 Å². The predicted octanol–water partition coefficient (Wildman–Crippen LogP) is 3.94. The van der Waals surface area contributed by atoms with Crippen LogP contribution in [-0.4, -0.2) is 36.4 Å². The van der Waals surface area contributed by atoms with Crippen LogP contribution in [0.5, 0.6) is 5.75 Å². The first-order chi connectivity index (χ1) is 13.0. The molecule has 0 spiro atoms. The van der Waals surface area contributed by atoms with E-state index in [2.05, 4.69) is 21.2 Å². The number of nitrogens with one attached hydrogen (secondary N) is 1. The molecule has 1 fully saturated rings. The lowest BCUT2D eigenvalue weighted by Gasteiger charge is -2.26. The molecule has 142 valence electrons. The number of methoxy groups -OCH3 is 1. The topological polar surface area (TPSA) is 58.6 Å². The van der Waals surface area contributed by atoms with Gasteiger partial charge in [-0.2, -0.15) is 0 Å². The Kier molecular flexibility index (Phi) is 6.16. The molecule has 1 N–H and O–H groups in total. The summed E-state index contributed by atoms with van der Waals surface area (Å²) in [7, 11) is 1.61. The van der Waals surface area contributed by atoms with Gasteiger partial charge in [-0.05, 0) is 65.5 Å². The van der Waals surface area contributed by atoms with Crippen LogP contribution in [0.3, 0.4) is 0 Å². The lowest BCUT2D eigenvalue weighted by molar-refractivity contribution is -0.125. The van der Waals surface area contributed by atoms with Gasteiger partial charge in [0, 0.05) is 12.1 Å². The third kappa shape index (κ3) is 4.33. The quantitative estimate of drug-likeness (QED) is 0.781. The molecule has 2 aromatic carbocycles. The molecule has 0 radical (unpaired) electrons. The van der Waals surface area contributed by atoms with Gasteiger partial charge >= 0.3 is 0 Å². The van der Waals surface area contributed by atoms with Gasteiger partial charge in [0.05, 0.1) is 17.6 Å². The molecule has 2 unspecified atom stereocenters. The van der Waals surface area contributed by atoms with Crippen LogP contribution in [0.15, 0.2) is 53.0 Å². The summed E-state index contributed by atoms with van der Waals surface area (Å²) in [5.41, 5.74) is 1.58. The van der Waals surface area contributed by atoms with Crippen LogP contribution in [0.2, 0.25) is 0 Å². The van der Waals surface area contributed by atoms with E-state index in [1.54, 1.807) is 24.1 Å². The molecule has 3 rings (SSSR count). The highest BCUT2D eigenvalue weighted by Crippen LogP contribution is 2.28. The van der Waals surface area contributed by atoms with E-state index in [0.717, 1.165) is 22.2 Å². The Morgan fingerprint density at radius 1 is 1.22 bits per heavy atom. The number of rotatable bonds is 5. The largest absolute Gasteiger partial charge is 0.496 e. The van der Waals surface area contributed by atoms with Crippen LogP contribution >= 0.6 is 15.9 Å². The maximum Gasteiger partial charge on any atom is 0.254 e. The third-order valence-electron chi connectivity index (χ3n) is 4.87. The van der Waals surface area contributed by atoms with Gasteiger partial charge in [-0.3, -0.25) is 9.59 Å². The second-order valence-electron chi connectivity index (χ2n) is 6.65. The summed E-state index contributed by atoms with van der Waals surface area (Å²) < 4.78 is 6.08. The summed E-state index contributed by atoms with van der Waals surface area (Å²) >= 11 is 3.47. The fraction of sp³-hybridized carbons (Fsp3) is 0.333. The molecule has 0 aliphatic carbocycles. The first kappa shape index (κ1) is 19.4. The van der Waals surface area contributed by atoms with Gasteiger partial charge in [0.25, 0.3) is 5.91 Å². The van der Waals surface area contributed by atoms with E-state index in [-0.39, 0.29) is 17.9 Å². The van der Waals surface area contributed by atoms with Gasteiger partial charge in [0.1, 0.15) is 11.8 Å². The highest BCUT2D eigenvalue weighted by Gasteiger charge is 2.35. The fourth-order valence-electron chi connectivity index (χ4n) is 3.37. The summed E-state index contributed by atoms with van der Waals surface area (Å²) in [5.74, 6) is 0.539. The molecule has 1 aliphatic rings. The minimum atomic E-state index is -0.429. The Balaban J connectivity index is 1.69. The number of hydrogen-bond donors (Lipinski definition) is 1. The maximum atomic E-state index is 12.8. The van der Waals surface area contributed by atoms with Gasteiger partial charge in [-0.25, -0.2) is 0 Å². The zero-order chi connectivity index (χ0) is 19.4. The summed E-state index contributed by atoms with van der Waals surface area (Å²) in [5, 5.41) is 3.04. The number of carbonyl (C=O) groups is 2. The summed E-state index contributed by atoms with van der Waals surface area (Å²) in [6.45, 7) is 2.54. The molecule has 5 nitrogen and oxygen atoms in total. The van der Waals surface area contributed by atoms with Crippen molar-refractivity contribution in [2.45, 2.75) is 31.8 Å². The van der Waals surface area contributed by atoms with E-state index in [1.807, 2.05) is 43.3 Å². The summed E-state index contributed by atoms with van der Waals surface area (Å²) in [6, 6.07) is 14.2. The molecule has 0 saturated carbocycles. The number of carbonyl (C=O) groups excluding carboxylic acids is 2. The molecule has 6 heteroatoms. The Morgan fingerprint density at radius 2 is 1.96 bits per heavy atom. The van der Waals surface area contributed by atoms with E-state index in [9.17, 15) is 9.59 Å². The van der Waals surface area contributed by atoms with Crippen molar-refractivity contribution in [3.8, 4) is 5.75 Å². The third-order valence-corrected chi connectivity index (χ3v) is 5.49. The SMILES string of the molecule is COc1ccc(C(C)NC(=O)C2CCCN2C(=O)c2ccccc2)cc1Br. The second-order valence-corrected chi connectivity index (χ2v) is 7.50. The summed E-state index contributed by atoms with van der Waals surface area (Å²) in [6.07, 6.45) is 1.52. The molecule has 27 heavy (non-hydrogen) atoms. The van der Waals surface area contributed by atoms with E-state index in [1.165, 1.54) is 0 Å². The maximum absolute atomic E-state index is 12.8. The van der Waals surface area contributed by atoms with E-state index < -0.39 is 6.04 Å². The number of benzene rings is 2. The fourth-order valence-corrected chi connectivity index (χ4v) is 3.93. The predicted molar refractivity (Wildman–Crippen MR) is 108 cm³/mol. The number of hydrogen-bond acceptors (Lipinski definition) is 3. The number of likely N-dealkylation sites (tertiary alicyclic amines) is 1. The minimum absolute atomic E-state index is 0.0897. The number of halogens is 1. The molecule has 0 bridgehead atoms. The van der Waals surface area contributed by atoms with Crippen LogP contribution in [0.4, 0.5) is 0 Å². The van der Waals surface area contributed by atoms with Crippen molar-refractivity contribution in [1.29, 1.82) is 0 Å². The van der Waals surface area contributed by atoms with Crippen LogP contribution < -0.4 is 10.1 Å². The molecule has 1 saturated heterocycles. The lowest BCUT2D eigenvalue weighted by atomic mass is 10.1. The van der Waals surface area contributed by atoms with Crippen LogP contribution in [0.25, 0.3) is 0 Å². The van der Waals surface area contributed by atoms with Crippen molar-refractivity contribution in [3.05, 3.63) is 64.1 Å². The molecule has 2 aromatic rings. The van der Waals surface area contributed by atoms with E-state index in [4.69, 9.17) is 4.74 Å². The first-order valence-electron chi connectivity index (χ1n) is 9.01. The molecule has 1 aliphatic heterocycles. The zero-order valence-corrected chi connectivity index (χ0v) is 17.0. The standard InChI is InChI=1S/C21H23BrN2O3/c1-14(16-10-11-19(27-2)17(22)13-16)23-20(25)18-9-6-12-24(18)21(26)15-7-4-3-5-8-15/h3-5,7-8,10-11,13-14,18H,6,9,12H2,1-2H3,(H,23,25). The highest BCUT2D eigenvalue weighted by atomic mass is 79.9. The van der Waals surface area contributed by atoms with Crippen molar-refractivity contribution in [3.63, 3.8) is 0 Å². The minimum Gasteiger partial charge on any atom is -0.496 e. The molecule has 2 amide bonds. The van der Waals surface area contributed by atoms with Crippen LogP contribution in [0, 0.1) is 0 Å². The highest BCUT2D eigenvalue weighted by molar-refractivity contribution is 9.10. The lowest BCUT2D eigenvalue weighted by Crippen LogP contribution is -2.46. The molecule has 1 heterocycles. The van der Waals surface area contributed by atoms with Crippen molar-refractivity contribution in [2.75, 3.05) is 13.7 Å². The van der Waals surface area contributed by atoms with Gasteiger partial charge in [0.15, 0.2) is 0 Å². The Morgan fingerprint density at radius 3 is 2.63 bits per heavy atom. The van der Waals surface area contributed by atoms with Crippen molar-refractivity contribution in [1.82, 2.24) is 10.2 Å². The van der Waals surface area contributed by atoms with Crippen LogP contribution in [0.1, 0.15) is 41.7 Å². The van der Waals surface area contributed by atoms with Gasteiger partial charge in [-0.1, -0.05) is 24.3 Å². The van der Waals surface area contributed by atoms with Gasteiger partial charge in [0.2, 0.25) is 5.91 Å². The molecular weight excluding hydrogens is 408 g/mol. The summed E-state index contributed by atoms with van der Waals surface area (Å²) in [4.78, 5) is 27.3. The molecule has 0 aromatic heterocycles. The van der Waals surface area contributed by atoms with Gasteiger partial charge < -0.3 is 15.0 Å². The number of amides is 2. The Bertz CT molecular complexity index is 825. The Hall–Kier alpha value is -2.34. The monoisotopic (exact) mass is 430 g/mol. The van der Waals surface area contributed by atoms with Crippen molar-refractivity contribution in [2.24, 2.45) is 0 Å². The smallest absolute Gasteiger partial charge is 0.254 e. The molecule has 2 atom stereocenters. The number of ether oxygens (including phenoxy) is 1. The van der Waals surface area contributed by atoms with Crippen molar-refractivity contribution >= 4 is 27.7 Å². The van der Waals surface area contributed by atoms with Gasteiger partial charge in [-0.15, -0.1) is 0 Å². The van der Waals surface area contributed by atoms with Crippen molar-refractivity contribution < 1.29 is 14.3 Å². The molecular formula is C21H23BrN2O3.